The van der Waals surface area contributed by atoms with Gasteiger partial charge in [0.15, 0.2) is 0 Å². The van der Waals surface area contributed by atoms with Gasteiger partial charge in [0.25, 0.3) is 0 Å². The third-order valence-corrected chi connectivity index (χ3v) is 4.84. The van der Waals surface area contributed by atoms with Crippen molar-refractivity contribution >= 4 is 39.1 Å². The zero-order valence-electron chi connectivity index (χ0n) is 12.4. The number of aliphatic hydroxyl groups is 1. The van der Waals surface area contributed by atoms with Crippen molar-refractivity contribution in [2.75, 3.05) is 6.61 Å². The summed E-state index contributed by atoms with van der Waals surface area (Å²) in [5.41, 5.74) is 1.71. The average molecular weight is 403 g/mol. The fourth-order valence-electron chi connectivity index (χ4n) is 2.36. The molecule has 1 unspecified atom stereocenters. The standard InChI is InChI=1S/C17H18BrCl2NO/c1-17(2,12-4-3-5-13(18)9-12)21-16(10-22)11-6-7-14(19)15(20)8-11/h3-9,16,21-22H,10H2,1-2H3. The summed E-state index contributed by atoms with van der Waals surface area (Å²) in [7, 11) is 0. The SMILES string of the molecule is CC(C)(NC(CO)c1ccc(Cl)c(Cl)c1)c1cccc(Br)c1. The summed E-state index contributed by atoms with van der Waals surface area (Å²) in [5, 5.41) is 14.2. The van der Waals surface area contributed by atoms with Crippen molar-refractivity contribution in [3.05, 3.63) is 68.1 Å². The predicted molar refractivity (Wildman–Crippen MR) is 96.6 cm³/mol. The molecule has 0 aliphatic carbocycles. The third kappa shape index (κ3) is 4.24. The molecule has 0 aliphatic heterocycles. The third-order valence-electron chi connectivity index (χ3n) is 3.61. The molecule has 2 nitrogen and oxygen atoms in total. The van der Waals surface area contributed by atoms with E-state index in [1.807, 2.05) is 18.2 Å². The molecule has 0 saturated heterocycles. The molecule has 118 valence electrons. The number of benzene rings is 2. The monoisotopic (exact) mass is 401 g/mol. The molecule has 0 radical (unpaired) electrons. The second kappa shape index (κ2) is 7.33. The van der Waals surface area contributed by atoms with Crippen LogP contribution in [0.2, 0.25) is 10.0 Å². The van der Waals surface area contributed by atoms with E-state index in [0.717, 1.165) is 15.6 Å². The highest BCUT2D eigenvalue weighted by Crippen LogP contribution is 2.29. The van der Waals surface area contributed by atoms with Gasteiger partial charge in [-0.25, -0.2) is 0 Å². The first-order chi connectivity index (χ1) is 10.3. The van der Waals surface area contributed by atoms with Crippen LogP contribution >= 0.6 is 39.1 Å². The summed E-state index contributed by atoms with van der Waals surface area (Å²) in [4.78, 5) is 0. The first-order valence-electron chi connectivity index (χ1n) is 6.93. The molecule has 0 bridgehead atoms. The molecule has 2 aromatic rings. The summed E-state index contributed by atoms with van der Waals surface area (Å²) in [6.45, 7) is 4.12. The van der Waals surface area contributed by atoms with Crippen molar-refractivity contribution in [3.8, 4) is 0 Å². The fourth-order valence-corrected chi connectivity index (χ4v) is 3.07. The molecule has 5 heteroatoms. The zero-order chi connectivity index (χ0) is 16.3. The minimum Gasteiger partial charge on any atom is -0.394 e. The minimum atomic E-state index is -0.316. The molecule has 0 aromatic heterocycles. The van der Waals surface area contributed by atoms with Crippen LogP contribution in [0, 0.1) is 0 Å². The Bertz CT molecular complexity index is 661. The summed E-state index contributed by atoms with van der Waals surface area (Å²) in [6, 6.07) is 13.3. The van der Waals surface area contributed by atoms with Crippen molar-refractivity contribution in [2.45, 2.75) is 25.4 Å². The minimum absolute atomic E-state index is 0.0323. The maximum absolute atomic E-state index is 9.76. The zero-order valence-corrected chi connectivity index (χ0v) is 15.5. The van der Waals surface area contributed by atoms with Gasteiger partial charge in [-0.1, -0.05) is 57.3 Å². The van der Waals surface area contributed by atoms with Gasteiger partial charge in [-0.05, 0) is 49.2 Å². The highest BCUT2D eigenvalue weighted by atomic mass is 79.9. The first kappa shape index (κ1) is 17.8. The molecule has 2 rings (SSSR count). The largest absolute Gasteiger partial charge is 0.394 e. The topological polar surface area (TPSA) is 32.3 Å². The maximum atomic E-state index is 9.76. The van der Waals surface area contributed by atoms with Crippen LogP contribution in [0.25, 0.3) is 0 Å². The van der Waals surface area contributed by atoms with Crippen molar-refractivity contribution in [1.29, 1.82) is 0 Å². The molecule has 0 heterocycles. The molecule has 0 saturated carbocycles. The van der Waals surface area contributed by atoms with Gasteiger partial charge in [0, 0.05) is 10.0 Å². The Balaban J connectivity index is 2.26. The Morgan fingerprint density at radius 3 is 2.45 bits per heavy atom. The molecule has 22 heavy (non-hydrogen) atoms. The van der Waals surface area contributed by atoms with Gasteiger partial charge in [-0.2, -0.15) is 0 Å². The van der Waals surface area contributed by atoms with Crippen molar-refractivity contribution in [2.24, 2.45) is 0 Å². The van der Waals surface area contributed by atoms with E-state index in [0.29, 0.717) is 10.0 Å². The van der Waals surface area contributed by atoms with E-state index in [4.69, 9.17) is 23.2 Å². The van der Waals surface area contributed by atoms with Crippen LogP contribution in [-0.4, -0.2) is 11.7 Å². The molecule has 0 aliphatic rings. The van der Waals surface area contributed by atoms with E-state index in [2.05, 4.69) is 47.2 Å². The van der Waals surface area contributed by atoms with E-state index < -0.39 is 0 Å². The molecule has 2 aromatic carbocycles. The van der Waals surface area contributed by atoms with Gasteiger partial charge in [0.05, 0.1) is 22.7 Å². The van der Waals surface area contributed by atoms with Crippen LogP contribution in [0.4, 0.5) is 0 Å². The van der Waals surface area contributed by atoms with Crippen molar-refractivity contribution < 1.29 is 5.11 Å². The van der Waals surface area contributed by atoms with Crippen LogP contribution in [-0.2, 0) is 5.54 Å². The quantitative estimate of drug-likeness (QED) is 0.709. The number of hydrogen-bond donors (Lipinski definition) is 2. The Labute approximate surface area is 149 Å². The Morgan fingerprint density at radius 2 is 1.86 bits per heavy atom. The highest BCUT2D eigenvalue weighted by Gasteiger charge is 2.25. The maximum Gasteiger partial charge on any atom is 0.0626 e. The Morgan fingerprint density at radius 1 is 1.14 bits per heavy atom. The van der Waals surface area contributed by atoms with Crippen LogP contribution in [0.1, 0.15) is 31.0 Å². The number of hydrogen-bond acceptors (Lipinski definition) is 2. The average Bonchev–Trinajstić information content (AvgIpc) is 2.48. The predicted octanol–water partition coefficient (Wildman–Crippen LogP) is 5.31. The van der Waals surface area contributed by atoms with Crippen LogP contribution < -0.4 is 5.32 Å². The van der Waals surface area contributed by atoms with Crippen molar-refractivity contribution in [1.82, 2.24) is 5.32 Å². The first-order valence-corrected chi connectivity index (χ1v) is 8.48. The molecule has 1 atom stereocenters. The summed E-state index contributed by atoms with van der Waals surface area (Å²) < 4.78 is 1.02. The molecule has 0 fully saturated rings. The lowest BCUT2D eigenvalue weighted by Gasteiger charge is -2.32. The van der Waals surface area contributed by atoms with E-state index >= 15 is 0 Å². The van der Waals surface area contributed by atoms with E-state index in [1.165, 1.54) is 0 Å². The number of halogens is 3. The van der Waals surface area contributed by atoms with E-state index in [1.54, 1.807) is 12.1 Å². The highest BCUT2D eigenvalue weighted by molar-refractivity contribution is 9.10. The van der Waals surface area contributed by atoms with Crippen molar-refractivity contribution in [3.63, 3.8) is 0 Å². The second-order valence-electron chi connectivity index (χ2n) is 5.69. The fraction of sp³-hybridized carbons (Fsp3) is 0.294. The number of nitrogens with one attached hydrogen (secondary N) is 1. The van der Waals surface area contributed by atoms with Gasteiger partial charge >= 0.3 is 0 Å². The lowest BCUT2D eigenvalue weighted by Crippen LogP contribution is -2.40. The summed E-state index contributed by atoms with van der Waals surface area (Å²) in [6.07, 6.45) is 0. The summed E-state index contributed by atoms with van der Waals surface area (Å²) in [5.74, 6) is 0. The van der Waals surface area contributed by atoms with Crippen LogP contribution in [0.5, 0.6) is 0 Å². The molecular formula is C17H18BrCl2NO. The van der Waals surface area contributed by atoms with Crippen LogP contribution in [0.3, 0.4) is 0 Å². The smallest absolute Gasteiger partial charge is 0.0626 e. The van der Waals surface area contributed by atoms with Gasteiger partial charge in [-0.15, -0.1) is 0 Å². The summed E-state index contributed by atoms with van der Waals surface area (Å²) >= 11 is 15.5. The lowest BCUT2D eigenvalue weighted by molar-refractivity contribution is 0.211. The van der Waals surface area contributed by atoms with Gasteiger partial charge in [0.2, 0.25) is 0 Å². The molecule has 0 spiro atoms. The Kier molecular flexibility index (Phi) is 5.92. The molecule has 0 amide bonds. The lowest BCUT2D eigenvalue weighted by atomic mass is 9.92. The van der Waals surface area contributed by atoms with Gasteiger partial charge in [-0.3, -0.25) is 5.32 Å². The van der Waals surface area contributed by atoms with E-state index in [-0.39, 0.29) is 18.2 Å². The van der Waals surface area contributed by atoms with Gasteiger partial charge in [0.1, 0.15) is 0 Å². The number of rotatable bonds is 5. The normalized spacial score (nSPS) is 13.2. The van der Waals surface area contributed by atoms with E-state index in [9.17, 15) is 5.11 Å². The Hall–Kier alpha value is -0.580. The molecule has 2 N–H and O–H groups in total. The number of aliphatic hydroxyl groups excluding tert-OH is 1. The molecular weight excluding hydrogens is 385 g/mol. The van der Waals surface area contributed by atoms with Crippen LogP contribution in [0.15, 0.2) is 46.9 Å². The second-order valence-corrected chi connectivity index (χ2v) is 7.42. The van der Waals surface area contributed by atoms with Gasteiger partial charge < -0.3 is 5.11 Å².